The van der Waals surface area contributed by atoms with Crippen LogP contribution in [-0.4, -0.2) is 39.7 Å². The van der Waals surface area contributed by atoms with Gasteiger partial charge < -0.3 is 4.90 Å². The maximum absolute atomic E-state index is 12.1. The van der Waals surface area contributed by atoms with Crippen LogP contribution in [0.4, 0.5) is 4.39 Å². The molecule has 3 nitrogen and oxygen atoms in total. The Morgan fingerprint density at radius 3 is 3.24 bits per heavy atom. The minimum atomic E-state index is -0.255. The molecule has 0 N–H and O–H groups in total. The molecule has 0 amide bonds. The van der Waals surface area contributed by atoms with Crippen molar-refractivity contribution in [2.45, 2.75) is 23.8 Å². The molecule has 17 heavy (non-hydrogen) atoms. The Bertz CT molecular complexity index is 381. The van der Waals surface area contributed by atoms with Gasteiger partial charge in [0, 0.05) is 25.3 Å². The number of hydrogen-bond donors (Lipinski definition) is 0. The molecule has 0 aromatic carbocycles. The maximum atomic E-state index is 12.1. The van der Waals surface area contributed by atoms with E-state index in [-0.39, 0.29) is 6.67 Å². The first kappa shape index (κ1) is 12.8. The molecule has 0 saturated heterocycles. The SMILES string of the molecule is CN1C=CCC(c2nsnc2SCCC[18F])C1. The lowest BCUT2D eigenvalue weighted by atomic mass is 9.99. The second-order valence-corrected chi connectivity index (χ2v) is 5.71. The van der Waals surface area contributed by atoms with Gasteiger partial charge in [0.2, 0.25) is 0 Å². The van der Waals surface area contributed by atoms with E-state index in [9.17, 15) is 4.39 Å². The summed E-state index contributed by atoms with van der Waals surface area (Å²) >= 11 is 2.89. The molecule has 0 aliphatic carbocycles. The molecule has 0 spiro atoms. The number of thioether (sulfide) groups is 1. The molecule has 0 bridgehead atoms. The van der Waals surface area contributed by atoms with Crippen LogP contribution in [0.25, 0.3) is 0 Å². The second-order valence-electron chi connectivity index (χ2n) is 4.10. The van der Waals surface area contributed by atoms with Gasteiger partial charge >= 0.3 is 0 Å². The molecular weight excluding hydrogens is 256 g/mol. The third-order valence-corrected chi connectivity index (χ3v) is 4.40. The molecule has 1 unspecified atom stereocenters. The largest absolute Gasteiger partial charge is 0.380 e. The summed E-state index contributed by atoms with van der Waals surface area (Å²) in [7, 11) is 2.07. The van der Waals surface area contributed by atoms with Crippen molar-refractivity contribution in [2.75, 3.05) is 26.0 Å². The number of hydrogen-bond acceptors (Lipinski definition) is 5. The smallest absolute Gasteiger partial charge is 0.134 e. The van der Waals surface area contributed by atoms with Crippen molar-refractivity contribution in [3.63, 3.8) is 0 Å². The quantitative estimate of drug-likeness (QED) is 0.609. The first-order valence-electron chi connectivity index (χ1n) is 5.69. The Balaban J connectivity index is 2.00. The zero-order chi connectivity index (χ0) is 12.1. The highest BCUT2D eigenvalue weighted by Crippen LogP contribution is 2.31. The van der Waals surface area contributed by atoms with Crippen LogP contribution in [0.1, 0.15) is 24.5 Å². The van der Waals surface area contributed by atoms with Crippen molar-refractivity contribution >= 4 is 23.5 Å². The van der Waals surface area contributed by atoms with Crippen LogP contribution in [0.5, 0.6) is 0 Å². The first-order valence-corrected chi connectivity index (χ1v) is 7.41. The summed E-state index contributed by atoms with van der Waals surface area (Å²) in [5.74, 6) is 1.21. The van der Waals surface area contributed by atoms with E-state index in [1.54, 1.807) is 11.8 Å². The summed E-state index contributed by atoms with van der Waals surface area (Å²) in [4.78, 5) is 2.17. The van der Waals surface area contributed by atoms with E-state index < -0.39 is 0 Å². The van der Waals surface area contributed by atoms with Crippen molar-refractivity contribution in [1.82, 2.24) is 13.6 Å². The molecule has 2 heterocycles. The molecule has 0 radical (unpaired) electrons. The van der Waals surface area contributed by atoms with Crippen LogP contribution in [0.15, 0.2) is 17.3 Å². The van der Waals surface area contributed by atoms with Crippen molar-refractivity contribution in [3.05, 3.63) is 18.0 Å². The fourth-order valence-corrected chi connectivity index (χ4v) is 3.55. The van der Waals surface area contributed by atoms with Gasteiger partial charge in [0.25, 0.3) is 0 Å². The lowest BCUT2D eigenvalue weighted by Gasteiger charge is -2.25. The number of allylic oxidation sites excluding steroid dienone is 1. The van der Waals surface area contributed by atoms with E-state index >= 15 is 0 Å². The summed E-state index contributed by atoms with van der Waals surface area (Å²) in [6.07, 6.45) is 5.88. The van der Waals surface area contributed by atoms with Gasteiger partial charge in [-0.1, -0.05) is 6.08 Å². The monoisotopic (exact) mass is 272 g/mol. The van der Waals surface area contributed by atoms with Crippen molar-refractivity contribution in [3.8, 4) is 0 Å². The Hall–Kier alpha value is -0.620. The number of halogens is 1. The van der Waals surface area contributed by atoms with E-state index in [2.05, 4.69) is 33.0 Å². The lowest BCUT2D eigenvalue weighted by Crippen LogP contribution is -2.23. The molecule has 1 aliphatic rings. The molecule has 94 valence electrons. The van der Waals surface area contributed by atoms with E-state index in [1.807, 2.05) is 0 Å². The van der Waals surface area contributed by atoms with Gasteiger partial charge in [-0.05, 0) is 19.0 Å². The molecular formula is C11H16FN3S2. The first-order chi connectivity index (χ1) is 8.31. The predicted octanol–water partition coefficient (Wildman–Crippen LogP) is 2.92. The van der Waals surface area contributed by atoms with Gasteiger partial charge in [0.05, 0.1) is 24.1 Å². The number of aromatic nitrogens is 2. The normalized spacial score (nSPS) is 19.9. The van der Waals surface area contributed by atoms with Gasteiger partial charge in [-0.25, -0.2) is 0 Å². The van der Waals surface area contributed by atoms with Gasteiger partial charge in [-0.15, -0.1) is 11.8 Å². The van der Waals surface area contributed by atoms with E-state index in [0.717, 1.165) is 29.4 Å². The molecule has 1 aromatic heterocycles. The molecule has 6 heteroatoms. The summed E-state index contributed by atoms with van der Waals surface area (Å²) < 4.78 is 20.8. The lowest BCUT2D eigenvalue weighted by molar-refractivity contribution is 0.384. The average Bonchev–Trinajstić information content (AvgIpc) is 2.78. The predicted molar refractivity (Wildman–Crippen MR) is 70.4 cm³/mol. The van der Waals surface area contributed by atoms with Gasteiger partial charge in [-0.3, -0.25) is 4.39 Å². The molecule has 1 atom stereocenters. The number of likely N-dealkylation sites (N-methyl/N-ethyl adjacent to an activating group) is 1. The fraction of sp³-hybridized carbons (Fsp3) is 0.636. The minimum absolute atomic E-state index is 0.255. The van der Waals surface area contributed by atoms with Crippen LogP contribution >= 0.6 is 23.5 Å². The van der Waals surface area contributed by atoms with Crippen LogP contribution in [0.2, 0.25) is 0 Å². The Kier molecular flexibility index (Phi) is 4.79. The van der Waals surface area contributed by atoms with E-state index in [1.165, 1.54) is 11.7 Å². The highest BCUT2D eigenvalue weighted by atomic mass is 32.2. The second kappa shape index (κ2) is 6.35. The molecule has 0 saturated carbocycles. The van der Waals surface area contributed by atoms with Gasteiger partial charge in [0.1, 0.15) is 5.03 Å². The summed E-state index contributed by atoms with van der Waals surface area (Å²) in [6.45, 7) is 0.730. The van der Waals surface area contributed by atoms with Crippen molar-refractivity contribution < 1.29 is 4.39 Å². The van der Waals surface area contributed by atoms with Crippen LogP contribution < -0.4 is 0 Å². The van der Waals surface area contributed by atoms with Crippen molar-refractivity contribution in [1.29, 1.82) is 0 Å². The van der Waals surface area contributed by atoms with Crippen LogP contribution in [0, 0.1) is 0 Å². The molecule has 0 fully saturated rings. The molecule has 1 aromatic rings. The molecule has 1 aliphatic heterocycles. The number of alkyl halides is 1. The maximum Gasteiger partial charge on any atom is 0.134 e. The van der Waals surface area contributed by atoms with Crippen LogP contribution in [0.3, 0.4) is 0 Å². The Morgan fingerprint density at radius 1 is 1.59 bits per heavy atom. The van der Waals surface area contributed by atoms with Crippen LogP contribution in [-0.2, 0) is 0 Å². The zero-order valence-electron chi connectivity index (χ0n) is 9.80. The number of rotatable bonds is 5. The summed E-state index contributed by atoms with van der Waals surface area (Å²) in [6, 6.07) is 0. The van der Waals surface area contributed by atoms with Gasteiger partial charge in [0.15, 0.2) is 0 Å². The van der Waals surface area contributed by atoms with E-state index in [0.29, 0.717) is 12.3 Å². The topological polar surface area (TPSA) is 29.0 Å². The highest BCUT2D eigenvalue weighted by molar-refractivity contribution is 7.99. The summed E-state index contributed by atoms with van der Waals surface area (Å²) in [5.41, 5.74) is 1.09. The third kappa shape index (κ3) is 3.42. The van der Waals surface area contributed by atoms with Gasteiger partial charge in [-0.2, -0.15) is 8.75 Å². The standard InChI is InChI=1S/C11H16FN3S2/c1-15-6-2-4-9(8-15)10-11(14-17-13-10)16-7-3-5-12/h2,6,9H,3-5,7-8H2,1H3/i12-1. The zero-order valence-corrected chi connectivity index (χ0v) is 11.4. The summed E-state index contributed by atoms with van der Waals surface area (Å²) in [5, 5.41) is 0.997. The number of nitrogens with zero attached hydrogens (tertiary/aromatic N) is 3. The highest BCUT2D eigenvalue weighted by Gasteiger charge is 2.21. The third-order valence-electron chi connectivity index (χ3n) is 2.67. The van der Waals surface area contributed by atoms with E-state index in [4.69, 9.17) is 0 Å². The van der Waals surface area contributed by atoms with Crippen molar-refractivity contribution in [2.24, 2.45) is 0 Å². The molecule has 2 rings (SSSR count). The Morgan fingerprint density at radius 2 is 2.47 bits per heavy atom. The average molecular weight is 272 g/mol. The fourth-order valence-electron chi connectivity index (χ4n) is 1.85. The minimum Gasteiger partial charge on any atom is -0.380 e. The Labute approximate surface area is 109 Å².